The van der Waals surface area contributed by atoms with Gasteiger partial charge in [-0.05, 0) is 6.92 Å². The van der Waals surface area contributed by atoms with Crippen LogP contribution in [0.5, 0.6) is 0 Å². The maximum Gasteiger partial charge on any atom is 0.411 e. The van der Waals surface area contributed by atoms with Crippen LogP contribution in [-0.4, -0.2) is 39.0 Å². The number of nitrogens with zero attached hydrogens (tertiary/aromatic N) is 4. The van der Waals surface area contributed by atoms with Gasteiger partial charge >= 0.3 is 6.18 Å². The Balaban J connectivity index is 2.06. The molecule has 0 unspecified atom stereocenters. The second kappa shape index (κ2) is 5.30. The van der Waals surface area contributed by atoms with E-state index in [1.54, 1.807) is 11.3 Å². The summed E-state index contributed by atoms with van der Waals surface area (Å²) in [5.74, 6) is 1.05. The quantitative estimate of drug-likeness (QED) is 0.641. The van der Waals surface area contributed by atoms with Crippen LogP contribution in [0.25, 0.3) is 5.65 Å². The summed E-state index contributed by atoms with van der Waals surface area (Å²) in [5.41, 5.74) is 0.503. The zero-order chi connectivity index (χ0) is 14.0. The standard InChI is InChI=1S/C10H10ClF3N4O/c1-6-15-7(11)4-9-17-16-8(18(6)9)2-3-19-5-10(12,13)14/h4H,2-3,5H2,1H3. The van der Waals surface area contributed by atoms with E-state index in [1.165, 1.54) is 6.07 Å². The van der Waals surface area contributed by atoms with Gasteiger partial charge in [0, 0.05) is 12.5 Å². The third kappa shape index (κ3) is 3.54. The summed E-state index contributed by atoms with van der Waals surface area (Å²) in [5, 5.41) is 8.05. The first-order valence-corrected chi connectivity index (χ1v) is 5.76. The molecule has 0 amide bonds. The summed E-state index contributed by atoms with van der Waals surface area (Å²) >= 11 is 5.77. The molecular formula is C10H10ClF3N4O. The van der Waals surface area contributed by atoms with E-state index in [9.17, 15) is 13.2 Å². The van der Waals surface area contributed by atoms with Gasteiger partial charge in [0.1, 0.15) is 23.4 Å². The van der Waals surface area contributed by atoms with Crippen LogP contribution >= 0.6 is 11.6 Å². The number of aromatic nitrogens is 4. The lowest BCUT2D eigenvalue weighted by atomic mass is 10.4. The van der Waals surface area contributed by atoms with E-state index in [1.807, 2.05) is 0 Å². The molecule has 2 aromatic heterocycles. The SMILES string of the molecule is Cc1nc(Cl)cc2nnc(CCOCC(F)(F)F)n12. The highest BCUT2D eigenvalue weighted by Gasteiger charge is 2.27. The highest BCUT2D eigenvalue weighted by molar-refractivity contribution is 6.29. The number of alkyl halides is 3. The van der Waals surface area contributed by atoms with Gasteiger partial charge in [0.05, 0.1) is 6.61 Å². The second-order valence-corrected chi connectivity index (χ2v) is 4.24. The van der Waals surface area contributed by atoms with Crippen molar-refractivity contribution < 1.29 is 17.9 Å². The zero-order valence-corrected chi connectivity index (χ0v) is 10.7. The molecule has 0 N–H and O–H groups in total. The number of rotatable bonds is 4. The van der Waals surface area contributed by atoms with Crippen LogP contribution in [0, 0.1) is 6.92 Å². The third-order valence-electron chi connectivity index (χ3n) is 2.33. The molecule has 0 fully saturated rings. The lowest BCUT2D eigenvalue weighted by molar-refractivity contribution is -0.173. The maximum absolute atomic E-state index is 11.9. The summed E-state index contributed by atoms with van der Waals surface area (Å²) in [4.78, 5) is 4.03. The molecule has 5 nitrogen and oxygen atoms in total. The van der Waals surface area contributed by atoms with E-state index in [2.05, 4.69) is 19.9 Å². The van der Waals surface area contributed by atoms with Gasteiger partial charge in [-0.1, -0.05) is 11.6 Å². The van der Waals surface area contributed by atoms with E-state index < -0.39 is 12.8 Å². The van der Waals surface area contributed by atoms with Gasteiger partial charge in [-0.15, -0.1) is 10.2 Å². The van der Waals surface area contributed by atoms with Gasteiger partial charge in [-0.2, -0.15) is 13.2 Å². The maximum atomic E-state index is 11.9. The first kappa shape index (κ1) is 14.0. The molecule has 0 aliphatic carbocycles. The number of fused-ring (bicyclic) bond motifs is 1. The minimum Gasteiger partial charge on any atom is -0.372 e. The van der Waals surface area contributed by atoms with Crippen LogP contribution in [0.4, 0.5) is 13.2 Å². The Bertz CT molecular complexity index is 584. The Morgan fingerprint density at radius 1 is 1.37 bits per heavy atom. The first-order chi connectivity index (χ1) is 8.87. The predicted molar refractivity (Wildman–Crippen MR) is 61.1 cm³/mol. The number of aryl methyl sites for hydroxylation is 1. The molecule has 0 aliphatic heterocycles. The lowest BCUT2D eigenvalue weighted by Crippen LogP contribution is -2.18. The fourth-order valence-corrected chi connectivity index (χ4v) is 1.85. The molecule has 0 saturated heterocycles. The van der Waals surface area contributed by atoms with Gasteiger partial charge in [-0.25, -0.2) is 4.98 Å². The number of ether oxygens (including phenoxy) is 1. The van der Waals surface area contributed by atoms with Gasteiger partial charge in [0.15, 0.2) is 5.65 Å². The Morgan fingerprint density at radius 2 is 2.11 bits per heavy atom. The highest BCUT2D eigenvalue weighted by Crippen LogP contribution is 2.15. The van der Waals surface area contributed by atoms with Crippen molar-refractivity contribution in [2.75, 3.05) is 13.2 Å². The first-order valence-electron chi connectivity index (χ1n) is 5.38. The van der Waals surface area contributed by atoms with Gasteiger partial charge in [-0.3, -0.25) is 4.40 Å². The van der Waals surface area contributed by atoms with Gasteiger partial charge < -0.3 is 4.74 Å². The molecule has 2 aromatic rings. The molecule has 0 atom stereocenters. The number of halogens is 4. The summed E-state index contributed by atoms with van der Waals surface area (Å²) in [6.07, 6.45) is -4.11. The number of hydrogen-bond acceptors (Lipinski definition) is 4. The van der Waals surface area contributed by atoms with Crippen LogP contribution in [0.2, 0.25) is 5.15 Å². The van der Waals surface area contributed by atoms with Crippen molar-refractivity contribution in [2.45, 2.75) is 19.5 Å². The summed E-state index contributed by atoms with van der Waals surface area (Å²) in [6.45, 7) is 0.345. The Hall–Kier alpha value is -1.41. The van der Waals surface area contributed by atoms with E-state index >= 15 is 0 Å². The number of hydrogen-bond donors (Lipinski definition) is 0. The largest absolute Gasteiger partial charge is 0.411 e. The van der Waals surface area contributed by atoms with Crippen LogP contribution < -0.4 is 0 Å². The average Bonchev–Trinajstić information content (AvgIpc) is 2.66. The van der Waals surface area contributed by atoms with Gasteiger partial charge in [0.25, 0.3) is 0 Å². The molecule has 0 aliphatic rings. The second-order valence-electron chi connectivity index (χ2n) is 3.85. The normalized spacial score (nSPS) is 12.3. The van der Waals surface area contributed by atoms with Crippen molar-refractivity contribution in [2.24, 2.45) is 0 Å². The monoisotopic (exact) mass is 294 g/mol. The van der Waals surface area contributed by atoms with Crippen molar-refractivity contribution in [3.05, 3.63) is 22.9 Å². The zero-order valence-electron chi connectivity index (χ0n) is 9.91. The molecule has 9 heteroatoms. The minimum atomic E-state index is -4.32. The van der Waals surface area contributed by atoms with E-state index in [-0.39, 0.29) is 18.2 Å². The van der Waals surface area contributed by atoms with Crippen LogP contribution in [0.15, 0.2) is 6.07 Å². The fourth-order valence-electron chi connectivity index (χ4n) is 1.63. The fraction of sp³-hybridized carbons (Fsp3) is 0.500. The Morgan fingerprint density at radius 3 is 2.79 bits per heavy atom. The third-order valence-corrected chi connectivity index (χ3v) is 2.52. The van der Waals surface area contributed by atoms with Crippen LogP contribution in [0.3, 0.4) is 0 Å². The predicted octanol–water partition coefficient (Wildman–Crippen LogP) is 2.21. The van der Waals surface area contributed by atoms with Crippen LogP contribution in [-0.2, 0) is 11.2 Å². The topological polar surface area (TPSA) is 52.3 Å². The van der Waals surface area contributed by atoms with Gasteiger partial charge in [0.2, 0.25) is 0 Å². The molecule has 19 heavy (non-hydrogen) atoms. The van der Waals surface area contributed by atoms with Crippen molar-refractivity contribution >= 4 is 17.2 Å². The molecule has 0 saturated carbocycles. The van der Waals surface area contributed by atoms with E-state index in [4.69, 9.17) is 11.6 Å². The minimum absolute atomic E-state index is 0.0949. The van der Waals surface area contributed by atoms with Crippen molar-refractivity contribution in [1.82, 2.24) is 19.6 Å². The molecule has 0 aromatic carbocycles. The Kier molecular flexibility index (Phi) is 3.91. The molecule has 2 rings (SSSR count). The lowest BCUT2D eigenvalue weighted by Gasteiger charge is -2.07. The summed E-state index contributed by atoms with van der Waals surface area (Å²) in [7, 11) is 0. The molecule has 0 bridgehead atoms. The van der Waals surface area contributed by atoms with Crippen molar-refractivity contribution in [1.29, 1.82) is 0 Å². The summed E-state index contributed by atoms with van der Waals surface area (Å²) < 4.78 is 41.9. The molecule has 2 heterocycles. The highest BCUT2D eigenvalue weighted by atomic mass is 35.5. The molecule has 104 valence electrons. The summed E-state index contributed by atoms with van der Waals surface area (Å²) in [6, 6.07) is 1.53. The van der Waals surface area contributed by atoms with Crippen LogP contribution in [0.1, 0.15) is 11.6 Å². The molecular weight excluding hydrogens is 285 g/mol. The Labute approximate surface area is 111 Å². The smallest absolute Gasteiger partial charge is 0.372 e. The average molecular weight is 295 g/mol. The molecule has 0 radical (unpaired) electrons. The van der Waals surface area contributed by atoms with Crippen molar-refractivity contribution in [3.8, 4) is 0 Å². The molecule has 0 spiro atoms. The van der Waals surface area contributed by atoms with E-state index in [0.29, 0.717) is 17.3 Å². The van der Waals surface area contributed by atoms with E-state index in [0.717, 1.165) is 0 Å². The van der Waals surface area contributed by atoms with Crippen molar-refractivity contribution in [3.63, 3.8) is 0 Å².